The van der Waals surface area contributed by atoms with Crippen LogP contribution in [-0.4, -0.2) is 22.4 Å². The van der Waals surface area contributed by atoms with Crippen molar-refractivity contribution in [1.29, 1.82) is 0 Å². The molecule has 1 atom stereocenters. The minimum Gasteiger partial charge on any atom is -0.493 e. The van der Waals surface area contributed by atoms with Gasteiger partial charge in [-0.2, -0.15) is 5.10 Å². The van der Waals surface area contributed by atoms with Crippen LogP contribution in [0.15, 0.2) is 34.8 Å². The molecule has 6 nitrogen and oxygen atoms in total. The lowest BCUT2D eigenvalue weighted by molar-refractivity contribution is 0.241. The maximum absolute atomic E-state index is 8.51. The highest BCUT2D eigenvalue weighted by molar-refractivity contribution is 5.84. The van der Waals surface area contributed by atoms with Gasteiger partial charge >= 0.3 is 0 Å². The third-order valence-corrected chi connectivity index (χ3v) is 3.65. The molecule has 108 valence electrons. The molecule has 0 spiro atoms. The van der Waals surface area contributed by atoms with Crippen LogP contribution in [0, 0.1) is 0 Å². The van der Waals surface area contributed by atoms with Gasteiger partial charge in [-0.05, 0) is 36.6 Å². The average molecular weight is 283 g/mol. The summed E-state index contributed by atoms with van der Waals surface area (Å²) in [6, 6.07) is -0.126. The van der Waals surface area contributed by atoms with Crippen LogP contribution in [0.3, 0.4) is 0 Å². The molecule has 1 aromatic rings. The number of rotatable bonds is 5. The molecular weight excluding hydrogens is 266 g/mol. The first-order chi connectivity index (χ1) is 10.2. The Balaban J connectivity index is 2.05. The molecule has 21 heavy (non-hydrogen) atoms. The summed E-state index contributed by atoms with van der Waals surface area (Å²) in [5.41, 5.74) is 10.9. The minimum absolute atomic E-state index is 0.126. The second-order valence-electron chi connectivity index (χ2n) is 5.12. The zero-order valence-corrected chi connectivity index (χ0v) is 12.2. The molecule has 0 aromatic carbocycles. The topological polar surface area (TPSA) is 75.8 Å². The fourth-order valence-corrected chi connectivity index (χ4v) is 2.76. The van der Waals surface area contributed by atoms with Gasteiger partial charge in [-0.15, -0.1) is 0 Å². The van der Waals surface area contributed by atoms with Gasteiger partial charge in [-0.3, -0.25) is 4.68 Å². The first-order valence-corrected chi connectivity index (χ1v) is 7.09. The van der Waals surface area contributed by atoms with Gasteiger partial charge in [-0.25, -0.2) is 0 Å². The van der Waals surface area contributed by atoms with Crippen molar-refractivity contribution < 1.29 is 4.74 Å². The van der Waals surface area contributed by atoms with E-state index >= 15 is 0 Å². The molecular formula is C15H17N5O. The Kier molecular flexibility index (Phi) is 3.54. The number of hydrogen-bond acceptors (Lipinski definition) is 3. The summed E-state index contributed by atoms with van der Waals surface area (Å²) in [6.45, 7) is 5.10. The van der Waals surface area contributed by atoms with E-state index in [0.29, 0.717) is 13.2 Å². The molecule has 6 heteroatoms. The standard InChI is InChI=1S/C15H17N5O/c1-3-21-15-6-4-5-11-12(15)7-14-13(11)8-17-20(14)9-10(2)18-19-16/h4,6-8,10H,3,5,9H2,1-2H3. The first-order valence-electron chi connectivity index (χ1n) is 7.09. The Morgan fingerprint density at radius 3 is 3.19 bits per heavy atom. The summed E-state index contributed by atoms with van der Waals surface area (Å²) in [5.74, 6) is 0.921. The molecule has 1 aromatic heterocycles. The van der Waals surface area contributed by atoms with Gasteiger partial charge in [0.05, 0.1) is 24.2 Å². The van der Waals surface area contributed by atoms with E-state index in [9.17, 15) is 0 Å². The third kappa shape index (κ3) is 2.34. The summed E-state index contributed by atoms with van der Waals surface area (Å²) >= 11 is 0. The average Bonchev–Trinajstić information content (AvgIpc) is 3.01. The van der Waals surface area contributed by atoms with Crippen LogP contribution >= 0.6 is 0 Å². The van der Waals surface area contributed by atoms with Crippen molar-refractivity contribution in [1.82, 2.24) is 9.78 Å². The van der Waals surface area contributed by atoms with Crippen LogP contribution in [0.4, 0.5) is 0 Å². The van der Waals surface area contributed by atoms with E-state index in [2.05, 4.69) is 27.3 Å². The zero-order valence-electron chi connectivity index (χ0n) is 12.2. The highest BCUT2D eigenvalue weighted by Crippen LogP contribution is 2.28. The van der Waals surface area contributed by atoms with Crippen molar-refractivity contribution in [3.05, 3.63) is 50.7 Å². The first kappa shape index (κ1) is 13.5. The quantitative estimate of drug-likeness (QED) is 0.469. The summed E-state index contributed by atoms with van der Waals surface area (Å²) in [4.78, 5) is 2.85. The maximum Gasteiger partial charge on any atom is 0.126 e. The summed E-state index contributed by atoms with van der Waals surface area (Å²) in [5, 5.41) is 10.3. The summed E-state index contributed by atoms with van der Waals surface area (Å²) < 4.78 is 7.60. The molecule has 0 amide bonds. The summed E-state index contributed by atoms with van der Waals surface area (Å²) in [6.07, 6.45) is 9.06. The number of allylic oxidation sites excluding steroid dienone is 3. The Morgan fingerprint density at radius 2 is 2.43 bits per heavy atom. The van der Waals surface area contributed by atoms with Crippen LogP contribution in [0.5, 0.6) is 0 Å². The number of aromatic nitrogens is 2. The number of azide groups is 1. The number of hydrogen-bond donors (Lipinski definition) is 0. The maximum atomic E-state index is 8.51. The van der Waals surface area contributed by atoms with Crippen LogP contribution in [0.25, 0.3) is 22.1 Å². The Hall–Kier alpha value is -2.46. The lowest BCUT2D eigenvalue weighted by Crippen LogP contribution is -2.30. The van der Waals surface area contributed by atoms with E-state index in [4.69, 9.17) is 10.3 Å². The van der Waals surface area contributed by atoms with Gasteiger partial charge < -0.3 is 4.74 Å². The van der Waals surface area contributed by atoms with Gasteiger partial charge in [-0.1, -0.05) is 18.1 Å². The van der Waals surface area contributed by atoms with E-state index in [1.54, 1.807) is 0 Å². The van der Waals surface area contributed by atoms with E-state index < -0.39 is 0 Å². The lowest BCUT2D eigenvalue weighted by atomic mass is 9.99. The van der Waals surface area contributed by atoms with Crippen LogP contribution < -0.4 is 10.6 Å². The Morgan fingerprint density at radius 1 is 1.57 bits per heavy atom. The van der Waals surface area contributed by atoms with Crippen molar-refractivity contribution >= 4 is 11.6 Å². The SMILES string of the molecule is CCOC1=C2C=c3c(cnn3CC(C)N=[N+]=[N-])=C2CC=C1. The third-order valence-electron chi connectivity index (χ3n) is 3.65. The van der Waals surface area contributed by atoms with Gasteiger partial charge in [0.15, 0.2) is 0 Å². The van der Waals surface area contributed by atoms with E-state index in [-0.39, 0.29) is 6.04 Å². The number of ether oxygens (including phenoxy) is 1. The lowest BCUT2D eigenvalue weighted by Gasteiger charge is -2.14. The predicted octanol–water partition coefficient (Wildman–Crippen LogP) is 1.78. The fraction of sp³-hybridized carbons (Fsp3) is 0.400. The second kappa shape index (κ2) is 5.50. The van der Waals surface area contributed by atoms with E-state index in [1.807, 2.05) is 30.8 Å². The highest BCUT2D eigenvalue weighted by Gasteiger charge is 2.20. The molecule has 1 heterocycles. The molecule has 0 radical (unpaired) electrons. The van der Waals surface area contributed by atoms with Crippen molar-refractivity contribution in [2.24, 2.45) is 5.11 Å². The molecule has 0 bridgehead atoms. The van der Waals surface area contributed by atoms with E-state index in [0.717, 1.165) is 28.3 Å². The molecule has 2 aliphatic carbocycles. The van der Waals surface area contributed by atoms with Gasteiger partial charge in [0.1, 0.15) is 5.76 Å². The van der Waals surface area contributed by atoms with Gasteiger partial charge in [0, 0.05) is 22.2 Å². The van der Waals surface area contributed by atoms with Crippen molar-refractivity contribution in [2.75, 3.05) is 6.61 Å². The Labute approximate surface area is 122 Å². The smallest absolute Gasteiger partial charge is 0.126 e. The molecule has 3 rings (SSSR count). The fourth-order valence-electron chi connectivity index (χ4n) is 2.76. The molecule has 0 saturated carbocycles. The van der Waals surface area contributed by atoms with Crippen LogP contribution in [0.1, 0.15) is 20.3 Å². The van der Waals surface area contributed by atoms with Gasteiger partial charge in [0.2, 0.25) is 0 Å². The van der Waals surface area contributed by atoms with Crippen LogP contribution in [-0.2, 0) is 11.3 Å². The Bertz CT molecular complexity index is 793. The molecule has 0 fully saturated rings. The minimum atomic E-state index is -0.126. The van der Waals surface area contributed by atoms with Crippen molar-refractivity contribution in [3.63, 3.8) is 0 Å². The monoisotopic (exact) mass is 283 g/mol. The molecule has 0 aliphatic heterocycles. The van der Waals surface area contributed by atoms with Gasteiger partial charge in [0.25, 0.3) is 0 Å². The zero-order chi connectivity index (χ0) is 14.8. The molecule has 1 unspecified atom stereocenters. The molecule has 2 aliphatic rings. The summed E-state index contributed by atoms with van der Waals surface area (Å²) in [7, 11) is 0. The normalized spacial score (nSPS) is 17.0. The molecule has 0 saturated heterocycles. The predicted molar refractivity (Wildman–Crippen MR) is 80.4 cm³/mol. The van der Waals surface area contributed by atoms with E-state index in [1.165, 1.54) is 5.57 Å². The molecule has 0 N–H and O–H groups in total. The number of fused-ring (bicyclic) bond motifs is 2. The second-order valence-corrected chi connectivity index (χ2v) is 5.12. The van der Waals surface area contributed by atoms with Crippen LogP contribution in [0.2, 0.25) is 0 Å². The highest BCUT2D eigenvalue weighted by atomic mass is 16.5. The number of nitrogens with zero attached hydrogens (tertiary/aromatic N) is 5. The van der Waals surface area contributed by atoms with Crippen molar-refractivity contribution in [2.45, 2.75) is 32.9 Å². The largest absolute Gasteiger partial charge is 0.493 e. The van der Waals surface area contributed by atoms with Crippen molar-refractivity contribution in [3.8, 4) is 0 Å².